The highest BCUT2D eigenvalue weighted by molar-refractivity contribution is 6.11. The Kier molecular flexibility index (Phi) is 8.00. The monoisotopic (exact) mass is 690 g/mol. The lowest BCUT2D eigenvalue weighted by Crippen LogP contribution is -2.29. The molecule has 1 heterocycles. The molecule has 1 atom stereocenters. The summed E-state index contributed by atoms with van der Waals surface area (Å²) in [6.45, 7) is 0. The second-order valence-corrected chi connectivity index (χ2v) is 14.1. The van der Waals surface area contributed by atoms with Gasteiger partial charge >= 0.3 is 0 Å². The van der Waals surface area contributed by atoms with E-state index in [4.69, 9.17) is 0 Å². The highest BCUT2D eigenvalue weighted by Crippen LogP contribution is 2.42. The number of allylic oxidation sites excluding steroid dienone is 2. The van der Waals surface area contributed by atoms with Gasteiger partial charge < -0.3 is 9.47 Å². The Bertz CT molecular complexity index is 2840. The SMILES string of the molecule is C1=CCC(N(c2ccccc2)c2ccc(-c3cc(-c4cccc5ccccc45)ccc3-c3ccc4c(c3)c3ccccc3n4-c3ccccc3)cc2)C=C1. The van der Waals surface area contributed by atoms with Gasteiger partial charge in [0, 0.05) is 27.8 Å². The van der Waals surface area contributed by atoms with E-state index >= 15 is 0 Å². The van der Waals surface area contributed by atoms with E-state index in [1.165, 1.54) is 83.0 Å². The van der Waals surface area contributed by atoms with Crippen LogP contribution >= 0.6 is 0 Å². The lowest BCUT2D eigenvalue weighted by molar-refractivity contribution is 0.785. The van der Waals surface area contributed by atoms with Crippen LogP contribution in [0.5, 0.6) is 0 Å². The number of aromatic nitrogens is 1. The normalized spacial score (nSPS) is 13.9. The van der Waals surface area contributed by atoms with Crippen LogP contribution in [0.2, 0.25) is 0 Å². The molecule has 9 aromatic rings. The molecule has 0 fully saturated rings. The first kappa shape index (κ1) is 31.8. The molecule has 0 spiro atoms. The summed E-state index contributed by atoms with van der Waals surface area (Å²) in [5, 5.41) is 5.01. The van der Waals surface area contributed by atoms with Crippen molar-refractivity contribution in [1.82, 2.24) is 4.57 Å². The van der Waals surface area contributed by atoms with Crippen molar-refractivity contribution in [2.24, 2.45) is 0 Å². The third kappa shape index (κ3) is 5.60. The number of hydrogen-bond acceptors (Lipinski definition) is 1. The van der Waals surface area contributed by atoms with Crippen molar-refractivity contribution in [3.8, 4) is 39.1 Å². The molecule has 0 N–H and O–H groups in total. The summed E-state index contributed by atoms with van der Waals surface area (Å²) in [6.07, 6.45) is 9.83. The van der Waals surface area contributed by atoms with Crippen molar-refractivity contribution in [2.45, 2.75) is 12.5 Å². The molecule has 0 radical (unpaired) electrons. The molecular formula is C52H38N2. The molecule has 1 unspecified atom stereocenters. The molecule has 0 amide bonds. The maximum absolute atomic E-state index is 2.45. The predicted octanol–water partition coefficient (Wildman–Crippen LogP) is 14.0. The maximum Gasteiger partial charge on any atom is 0.0559 e. The molecule has 0 saturated carbocycles. The van der Waals surface area contributed by atoms with Gasteiger partial charge in [0.05, 0.1) is 17.1 Å². The summed E-state index contributed by atoms with van der Waals surface area (Å²) in [5.74, 6) is 0. The smallest absolute Gasteiger partial charge is 0.0559 e. The Morgan fingerprint density at radius 1 is 0.426 bits per heavy atom. The van der Waals surface area contributed by atoms with Crippen LogP contribution in [0.1, 0.15) is 6.42 Å². The lowest BCUT2D eigenvalue weighted by atomic mass is 9.89. The van der Waals surface area contributed by atoms with Gasteiger partial charge in [-0.25, -0.2) is 0 Å². The number of rotatable bonds is 7. The van der Waals surface area contributed by atoms with Crippen LogP contribution in [0.25, 0.3) is 71.6 Å². The van der Waals surface area contributed by atoms with Crippen LogP contribution in [-0.2, 0) is 0 Å². The minimum absolute atomic E-state index is 0.248. The molecule has 0 saturated heterocycles. The lowest BCUT2D eigenvalue weighted by Gasteiger charge is -2.32. The predicted molar refractivity (Wildman–Crippen MR) is 230 cm³/mol. The van der Waals surface area contributed by atoms with E-state index < -0.39 is 0 Å². The van der Waals surface area contributed by atoms with Crippen LogP contribution < -0.4 is 4.90 Å². The molecule has 0 bridgehead atoms. The number of nitrogens with zero attached hydrogens (tertiary/aromatic N) is 2. The molecule has 2 heteroatoms. The van der Waals surface area contributed by atoms with Gasteiger partial charge in [0.2, 0.25) is 0 Å². The van der Waals surface area contributed by atoms with Gasteiger partial charge in [-0.05, 0) is 111 Å². The third-order valence-electron chi connectivity index (χ3n) is 10.9. The highest BCUT2D eigenvalue weighted by atomic mass is 15.2. The van der Waals surface area contributed by atoms with Crippen molar-refractivity contribution >= 4 is 44.0 Å². The number of para-hydroxylation sites is 3. The first-order chi connectivity index (χ1) is 26.8. The van der Waals surface area contributed by atoms with E-state index in [-0.39, 0.29) is 6.04 Å². The molecule has 0 aliphatic heterocycles. The second kappa shape index (κ2) is 13.6. The fraction of sp³-hybridized carbons (Fsp3) is 0.0385. The number of hydrogen-bond donors (Lipinski definition) is 0. The van der Waals surface area contributed by atoms with Gasteiger partial charge in [0.25, 0.3) is 0 Å². The van der Waals surface area contributed by atoms with Crippen molar-refractivity contribution in [3.63, 3.8) is 0 Å². The number of anilines is 2. The van der Waals surface area contributed by atoms with Gasteiger partial charge in [0.1, 0.15) is 0 Å². The van der Waals surface area contributed by atoms with Crippen molar-refractivity contribution in [2.75, 3.05) is 4.90 Å². The Morgan fingerprint density at radius 3 is 1.89 bits per heavy atom. The van der Waals surface area contributed by atoms with Gasteiger partial charge in [-0.3, -0.25) is 0 Å². The van der Waals surface area contributed by atoms with Crippen molar-refractivity contribution < 1.29 is 0 Å². The maximum atomic E-state index is 2.45. The van der Waals surface area contributed by atoms with E-state index in [0.717, 1.165) is 6.42 Å². The zero-order valence-corrected chi connectivity index (χ0v) is 29.9. The largest absolute Gasteiger partial charge is 0.334 e. The fourth-order valence-corrected chi connectivity index (χ4v) is 8.36. The van der Waals surface area contributed by atoms with Crippen LogP contribution in [-0.4, -0.2) is 10.6 Å². The molecule has 10 rings (SSSR count). The molecule has 256 valence electrons. The van der Waals surface area contributed by atoms with Gasteiger partial charge in [-0.15, -0.1) is 0 Å². The summed E-state index contributed by atoms with van der Waals surface area (Å²) in [4.78, 5) is 2.45. The first-order valence-corrected chi connectivity index (χ1v) is 18.8. The average molecular weight is 691 g/mol. The standard InChI is InChI=1S/C52H38N2/c1-4-17-41(18-5-1)53(42-19-6-2-7-20-42)44-31-27-38(28-32-44)49-35-39(46-25-14-16-37-15-10-11-23-45(37)46)29-33-47(49)40-30-34-52-50(36-40)48-24-12-13-26-51(48)54(52)43-21-8-3-9-22-43/h1-19,21-36,42H,20H2. The summed E-state index contributed by atoms with van der Waals surface area (Å²) in [7, 11) is 0. The van der Waals surface area contributed by atoms with Crippen molar-refractivity contribution in [1.29, 1.82) is 0 Å². The minimum Gasteiger partial charge on any atom is -0.334 e. The Morgan fingerprint density at radius 2 is 1.07 bits per heavy atom. The van der Waals surface area contributed by atoms with E-state index in [2.05, 4.69) is 222 Å². The molecule has 54 heavy (non-hydrogen) atoms. The van der Waals surface area contributed by atoms with Crippen LogP contribution in [0.4, 0.5) is 11.4 Å². The van der Waals surface area contributed by atoms with E-state index in [0.29, 0.717) is 0 Å². The van der Waals surface area contributed by atoms with Gasteiger partial charge in [-0.1, -0.05) is 152 Å². The summed E-state index contributed by atoms with van der Waals surface area (Å²) in [6, 6.07) is 68.9. The first-order valence-electron chi connectivity index (χ1n) is 18.8. The molecule has 1 aliphatic carbocycles. The third-order valence-corrected chi connectivity index (χ3v) is 10.9. The summed E-state index contributed by atoms with van der Waals surface area (Å²) < 4.78 is 2.38. The van der Waals surface area contributed by atoms with Crippen LogP contribution in [0.15, 0.2) is 212 Å². The molecular weight excluding hydrogens is 653 g/mol. The van der Waals surface area contributed by atoms with E-state index in [1.807, 2.05) is 0 Å². The zero-order valence-electron chi connectivity index (χ0n) is 29.9. The number of fused-ring (bicyclic) bond motifs is 4. The Labute approximate surface area is 316 Å². The molecule has 1 aromatic heterocycles. The van der Waals surface area contributed by atoms with Crippen molar-refractivity contribution in [3.05, 3.63) is 212 Å². The second-order valence-electron chi connectivity index (χ2n) is 14.1. The minimum atomic E-state index is 0.248. The summed E-state index contributed by atoms with van der Waals surface area (Å²) >= 11 is 0. The molecule has 8 aromatic carbocycles. The topological polar surface area (TPSA) is 8.17 Å². The zero-order chi connectivity index (χ0) is 35.8. The molecule has 1 aliphatic rings. The van der Waals surface area contributed by atoms with E-state index in [9.17, 15) is 0 Å². The number of benzene rings is 8. The Hall–Kier alpha value is -6.90. The summed E-state index contributed by atoms with van der Waals surface area (Å²) in [5.41, 5.74) is 13.2. The molecule has 2 nitrogen and oxygen atoms in total. The van der Waals surface area contributed by atoms with Crippen LogP contribution in [0.3, 0.4) is 0 Å². The average Bonchev–Trinajstić information content (AvgIpc) is 3.58. The Balaban J connectivity index is 1.14. The van der Waals surface area contributed by atoms with Crippen LogP contribution in [0, 0.1) is 0 Å². The fourth-order valence-electron chi connectivity index (χ4n) is 8.36. The van der Waals surface area contributed by atoms with Gasteiger partial charge in [-0.2, -0.15) is 0 Å². The van der Waals surface area contributed by atoms with Gasteiger partial charge in [0.15, 0.2) is 0 Å². The quantitative estimate of drug-likeness (QED) is 0.162. The van der Waals surface area contributed by atoms with E-state index in [1.54, 1.807) is 0 Å². The highest BCUT2D eigenvalue weighted by Gasteiger charge is 2.20.